The number of halogens is 1. The summed E-state index contributed by atoms with van der Waals surface area (Å²) in [6, 6.07) is 4.72. The molecule has 0 unspecified atom stereocenters. The molecule has 1 rings (SSSR count). The number of hydrogen-bond donors (Lipinski definition) is 0. The fraction of sp³-hybridized carbons (Fsp3) is 0.571. The summed E-state index contributed by atoms with van der Waals surface area (Å²) in [5.74, 6) is 0.599. The Bertz CT molecular complexity index is 436. The van der Waals surface area contributed by atoms with E-state index < -0.39 is 4.92 Å². The van der Waals surface area contributed by atoms with E-state index >= 15 is 0 Å². The van der Waals surface area contributed by atoms with Gasteiger partial charge in [-0.3, -0.25) is 10.1 Å². The summed E-state index contributed by atoms with van der Waals surface area (Å²) in [5, 5.41) is 11.6. The molecule has 0 spiro atoms. The third-order valence-electron chi connectivity index (χ3n) is 3.70. The molecule has 0 aliphatic carbocycles. The van der Waals surface area contributed by atoms with Gasteiger partial charge in [-0.05, 0) is 31.4 Å². The van der Waals surface area contributed by atoms with Gasteiger partial charge in [0, 0.05) is 16.8 Å². The minimum absolute atomic E-state index is 0.0676. The fourth-order valence-electron chi connectivity index (χ4n) is 1.77. The number of rotatable bonds is 7. The Morgan fingerprint density at radius 3 is 2.47 bits per heavy atom. The number of nitro benzene ring substituents is 1. The van der Waals surface area contributed by atoms with Crippen LogP contribution < -0.4 is 4.74 Å². The number of aryl methyl sites for hydroxylation is 1. The van der Waals surface area contributed by atoms with E-state index in [0.29, 0.717) is 12.4 Å². The first-order chi connectivity index (χ1) is 8.98. The predicted octanol–water partition coefficient (Wildman–Crippen LogP) is 4.48. The zero-order valence-electron chi connectivity index (χ0n) is 11.6. The second-order valence-electron chi connectivity index (χ2n) is 4.84. The van der Waals surface area contributed by atoms with Crippen molar-refractivity contribution in [2.24, 2.45) is 5.41 Å². The number of ether oxygens (including phenoxy) is 1. The molecule has 0 saturated heterocycles. The highest BCUT2D eigenvalue weighted by Gasteiger charge is 2.26. The highest BCUT2D eigenvalue weighted by molar-refractivity contribution is 9.09. The molecule has 0 aromatic heterocycles. The van der Waals surface area contributed by atoms with Gasteiger partial charge < -0.3 is 4.74 Å². The Hall–Kier alpha value is -1.10. The highest BCUT2D eigenvalue weighted by atomic mass is 79.9. The van der Waals surface area contributed by atoms with Gasteiger partial charge in [0.2, 0.25) is 0 Å². The minimum atomic E-state index is -0.399. The fourth-order valence-corrected chi connectivity index (χ4v) is 2.73. The predicted molar refractivity (Wildman–Crippen MR) is 80.1 cm³/mol. The van der Waals surface area contributed by atoms with E-state index in [1.165, 1.54) is 12.1 Å². The smallest absolute Gasteiger partial charge is 0.273 e. The number of non-ortho nitro benzene ring substituents is 1. The summed E-state index contributed by atoms with van der Waals surface area (Å²) in [5.41, 5.74) is 1.07. The van der Waals surface area contributed by atoms with Crippen LogP contribution in [0.15, 0.2) is 18.2 Å². The van der Waals surface area contributed by atoms with Crippen LogP contribution in [-0.2, 0) is 0 Å². The van der Waals surface area contributed by atoms with Gasteiger partial charge in [-0.2, -0.15) is 0 Å². The van der Waals surface area contributed by atoms with Crippen LogP contribution in [0.2, 0.25) is 0 Å². The van der Waals surface area contributed by atoms with Crippen LogP contribution in [0.1, 0.15) is 32.3 Å². The average molecular weight is 330 g/mol. The SMILES string of the molecule is CCC(CC)(CBr)COc1cc([N+](=O)[O-])ccc1C. The van der Waals surface area contributed by atoms with Crippen molar-refractivity contribution in [1.82, 2.24) is 0 Å². The van der Waals surface area contributed by atoms with E-state index in [2.05, 4.69) is 29.8 Å². The molecule has 0 bridgehead atoms. The van der Waals surface area contributed by atoms with Gasteiger partial charge in [0.15, 0.2) is 0 Å². The Morgan fingerprint density at radius 2 is 2.00 bits per heavy atom. The van der Waals surface area contributed by atoms with Crippen molar-refractivity contribution in [3.63, 3.8) is 0 Å². The maximum absolute atomic E-state index is 10.8. The molecule has 1 aromatic carbocycles. The van der Waals surface area contributed by atoms with Crippen molar-refractivity contribution in [3.05, 3.63) is 33.9 Å². The van der Waals surface area contributed by atoms with E-state index in [0.717, 1.165) is 23.7 Å². The summed E-state index contributed by atoms with van der Waals surface area (Å²) in [4.78, 5) is 10.4. The lowest BCUT2D eigenvalue weighted by molar-refractivity contribution is -0.385. The lowest BCUT2D eigenvalue weighted by Gasteiger charge is -2.29. The summed E-state index contributed by atoms with van der Waals surface area (Å²) >= 11 is 3.53. The van der Waals surface area contributed by atoms with E-state index in [1.54, 1.807) is 6.07 Å². The number of nitrogens with zero attached hydrogens (tertiary/aromatic N) is 1. The number of hydrogen-bond acceptors (Lipinski definition) is 3. The third-order valence-corrected chi connectivity index (χ3v) is 4.89. The number of nitro groups is 1. The molecule has 0 aliphatic heterocycles. The van der Waals surface area contributed by atoms with Crippen LogP contribution in [0.25, 0.3) is 0 Å². The topological polar surface area (TPSA) is 52.4 Å². The van der Waals surface area contributed by atoms with Crippen LogP contribution in [0.4, 0.5) is 5.69 Å². The van der Waals surface area contributed by atoms with Crippen molar-refractivity contribution in [3.8, 4) is 5.75 Å². The molecule has 106 valence electrons. The lowest BCUT2D eigenvalue weighted by atomic mass is 9.86. The largest absolute Gasteiger partial charge is 0.492 e. The van der Waals surface area contributed by atoms with Crippen LogP contribution in [0.5, 0.6) is 5.75 Å². The Labute approximate surface area is 122 Å². The third kappa shape index (κ3) is 3.93. The molecule has 1 aromatic rings. The Balaban J connectivity index is 2.87. The van der Waals surface area contributed by atoms with Crippen LogP contribution in [0.3, 0.4) is 0 Å². The maximum atomic E-state index is 10.8. The molecule has 0 saturated carbocycles. The van der Waals surface area contributed by atoms with Gasteiger partial charge in [0.1, 0.15) is 5.75 Å². The summed E-state index contributed by atoms with van der Waals surface area (Å²) < 4.78 is 5.83. The van der Waals surface area contributed by atoms with Gasteiger partial charge in [-0.15, -0.1) is 0 Å². The van der Waals surface area contributed by atoms with E-state index in [9.17, 15) is 10.1 Å². The Kier molecular flexibility index (Phi) is 5.79. The van der Waals surface area contributed by atoms with Gasteiger partial charge in [0.05, 0.1) is 17.6 Å². The molecule has 0 fully saturated rings. The standard InChI is InChI=1S/C14H20BrNO3/c1-4-14(5-2,9-15)10-19-13-8-12(16(17)18)7-6-11(13)3/h6-8H,4-5,9-10H2,1-3H3. The summed E-state index contributed by atoms with van der Waals surface area (Å²) in [6.45, 7) is 6.73. The molecule has 0 aliphatic rings. The molecule has 0 radical (unpaired) electrons. The highest BCUT2D eigenvalue weighted by Crippen LogP contribution is 2.31. The first-order valence-corrected chi connectivity index (χ1v) is 7.54. The molecule has 4 nitrogen and oxygen atoms in total. The molecular weight excluding hydrogens is 310 g/mol. The van der Waals surface area contributed by atoms with Crippen molar-refractivity contribution in [2.75, 3.05) is 11.9 Å². The molecular formula is C14H20BrNO3. The average Bonchev–Trinajstić information content (AvgIpc) is 2.42. The Morgan fingerprint density at radius 1 is 1.37 bits per heavy atom. The van der Waals surface area contributed by atoms with Crippen molar-refractivity contribution in [2.45, 2.75) is 33.6 Å². The van der Waals surface area contributed by atoms with Gasteiger partial charge >= 0.3 is 0 Å². The van der Waals surface area contributed by atoms with E-state index in [1.807, 2.05) is 6.92 Å². The minimum Gasteiger partial charge on any atom is -0.492 e. The number of benzene rings is 1. The normalized spacial score (nSPS) is 11.4. The zero-order chi connectivity index (χ0) is 14.5. The van der Waals surface area contributed by atoms with Gasteiger partial charge in [0.25, 0.3) is 5.69 Å². The van der Waals surface area contributed by atoms with Gasteiger partial charge in [-0.25, -0.2) is 0 Å². The van der Waals surface area contributed by atoms with Crippen molar-refractivity contribution >= 4 is 21.6 Å². The lowest BCUT2D eigenvalue weighted by Crippen LogP contribution is -2.29. The molecule has 0 amide bonds. The first kappa shape index (κ1) is 16.0. The summed E-state index contributed by atoms with van der Waals surface area (Å²) in [7, 11) is 0. The molecule has 0 atom stereocenters. The van der Waals surface area contributed by atoms with Crippen LogP contribution in [0, 0.1) is 22.5 Å². The molecule has 5 heteroatoms. The molecule has 0 heterocycles. The van der Waals surface area contributed by atoms with E-state index in [4.69, 9.17) is 4.74 Å². The monoisotopic (exact) mass is 329 g/mol. The van der Waals surface area contributed by atoms with E-state index in [-0.39, 0.29) is 11.1 Å². The number of alkyl halides is 1. The second kappa shape index (κ2) is 6.89. The maximum Gasteiger partial charge on any atom is 0.273 e. The second-order valence-corrected chi connectivity index (χ2v) is 5.40. The van der Waals surface area contributed by atoms with Crippen molar-refractivity contribution in [1.29, 1.82) is 0 Å². The quantitative estimate of drug-likeness (QED) is 0.421. The first-order valence-electron chi connectivity index (χ1n) is 6.42. The van der Waals surface area contributed by atoms with Crippen molar-refractivity contribution < 1.29 is 9.66 Å². The molecule has 19 heavy (non-hydrogen) atoms. The zero-order valence-corrected chi connectivity index (χ0v) is 13.2. The van der Waals surface area contributed by atoms with Crippen LogP contribution >= 0.6 is 15.9 Å². The van der Waals surface area contributed by atoms with Crippen LogP contribution in [-0.4, -0.2) is 16.9 Å². The summed E-state index contributed by atoms with van der Waals surface area (Å²) in [6.07, 6.45) is 2.01. The van der Waals surface area contributed by atoms with Gasteiger partial charge in [-0.1, -0.05) is 29.8 Å². The molecule has 0 N–H and O–H groups in total.